The average Bonchev–Trinajstić information content (AvgIpc) is 3.30. The molecular formula is C21H21N3O3S. The molecule has 1 aliphatic heterocycles. The normalized spacial score (nSPS) is 12.5. The zero-order chi connectivity index (χ0) is 19.7. The lowest BCUT2D eigenvalue weighted by molar-refractivity contribution is 0.102. The second-order valence-corrected chi connectivity index (χ2v) is 7.52. The molecule has 2 heterocycles. The fraction of sp³-hybridized carbons (Fsp3) is 0.238. The Balaban J connectivity index is 1.73. The SMILES string of the molecule is COc1ccc(C(=O)Nc2c3c(nn2-c2cccc(C)c2)CSC3)c(OC)c1. The van der Waals surface area contributed by atoms with E-state index in [1.165, 1.54) is 7.11 Å². The molecule has 3 aromatic rings. The third-order valence-corrected chi connectivity index (χ3v) is 5.65. The largest absolute Gasteiger partial charge is 0.497 e. The van der Waals surface area contributed by atoms with E-state index >= 15 is 0 Å². The number of anilines is 1. The Bertz CT molecular complexity index is 1050. The van der Waals surface area contributed by atoms with Crippen molar-refractivity contribution in [3.8, 4) is 17.2 Å². The predicted octanol–water partition coefficient (Wildman–Crippen LogP) is 4.20. The van der Waals surface area contributed by atoms with Crippen LogP contribution >= 0.6 is 11.8 Å². The number of aryl methyl sites for hydroxylation is 1. The molecule has 28 heavy (non-hydrogen) atoms. The molecule has 0 saturated heterocycles. The van der Waals surface area contributed by atoms with Crippen LogP contribution in [0.15, 0.2) is 42.5 Å². The van der Waals surface area contributed by atoms with Crippen molar-refractivity contribution in [1.29, 1.82) is 0 Å². The van der Waals surface area contributed by atoms with Gasteiger partial charge in [0.25, 0.3) is 5.91 Å². The number of thioether (sulfide) groups is 1. The maximum absolute atomic E-state index is 13.1. The molecule has 4 rings (SSSR count). The van der Waals surface area contributed by atoms with Crippen LogP contribution in [0.25, 0.3) is 5.69 Å². The van der Waals surface area contributed by atoms with Crippen molar-refractivity contribution >= 4 is 23.5 Å². The van der Waals surface area contributed by atoms with Gasteiger partial charge in [-0.05, 0) is 36.8 Å². The van der Waals surface area contributed by atoms with E-state index in [4.69, 9.17) is 14.6 Å². The summed E-state index contributed by atoms with van der Waals surface area (Å²) >= 11 is 1.80. The number of methoxy groups -OCH3 is 2. The lowest BCUT2D eigenvalue weighted by Crippen LogP contribution is -2.17. The number of benzene rings is 2. The number of amides is 1. The second-order valence-electron chi connectivity index (χ2n) is 6.54. The topological polar surface area (TPSA) is 65.4 Å². The minimum atomic E-state index is -0.243. The fourth-order valence-corrected chi connectivity index (χ4v) is 4.28. The Labute approximate surface area is 167 Å². The molecule has 1 amide bonds. The Hall–Kier alpha value is -2.93. The second kappa shape index (κ2) is 7.59. The Morgan fingerprint density at radius 1 is 1.14 bits per heavy atom. The van der Waals surface area contributed by atoms with Crippen molar-refractivity contribution < 1.29 is 14.3 Å². The van der Waals surface area contributed by atoms with Crippen LogP contribution in [0, 0.1) is 6.92 Å². The van der Waals surface area contributed by atoms with E-state index in [0.29, 0.717) is 22.9 Å². The van der Waals surface area contributed by atoms with E-state index in [1.807, 2.05) is 29.8 Å². The first kappa shape index (κ1) is 18.4. The summed E-state index contributed by atoms with van der Waals surface area (Å²) in [5.41, 5.74) is 4.60. The lowest BCUT2D eigenvalue weighted by atomic mass is 10.1. The highest BCUT2D eigenvalue weighted by Crippen LogP contribution is 2.36. The monoisotopic (exact) mass is 395 g/mol. The number of hydrogen-bond acceptors (Lipinski definition) is 5. The number of hydrogen-bond donors (Lipinski definition) is 1. The van der Waals surface area contributed by atoms with Gasteiger partial charge in [-0.25, -0.2) is 4.68 Å². The van der Waals surface area contributed by atoms with Crippen molar-refractivity contribution in [2.24, 2.45) is 0 Å². The quantitative estimate of drug-likeness (QED) is 0.701. The van der Waals surface area contributed by atoms with E-state index in [2.05, 4.69) is 11.4 Å². The highest BCUT2D eigenvalue weighted by Gasteiger charge is 2.26. The molecule has 0 radical (unpaired) electrons. The minimum Gasteiger partial charge on any atom is -0.497 e. The van der Waals surface area contributed by atoms with E-state index in [1.54, 1.807) is 37.1 Å². The number of aromatic nitrogens is 2. The van der Waals surface area contributed by atoms with Crippen LogP contribution in [0.2, 0.25) is 0 Å². The van der Waals surface area contributed by atoms with Crippen LogP contribution in [-0.2, 0) is 11.5 Å². The predicted molar refractivity (Wildman–Crippen MR) is 111 cm³/mol. The van der Waals surface area contributed by atoms with E-state index in [0.717, 1.165) is 34.0 Å². The summed E-state index contributed by atoms with van der Waals surface area (Å²) in [5.74, 6) is 3.25. The van der Waals surface area contributed by atoms with Gasteiger partial charge < -0.3 is 14.8 Å². The summed E-state index contributed by atoms with van der Waals surface area (Å²) in [6.45, 7) is 2.04. The van der Waals surface area contributed by atoms with Crippen LogP contribution in [0.1, 0.15) is 27.2 Å². The van der Waals surface area contributed by atoms with Crippen LogP contribution in [0.3, 0.4) is 0 Å². The van der Waals surface area contributed by atoms with Gasteiger partial charge in [-0.2, -0.15) is 16.9 Å². The van der Waals surface area contributed by atoms with Gasteiger partial charge in [0.1, 0.15) is 17.3 Å². The number of rotatable bonds is 5. The first-order chi connectivity index (χ1) is 13.6. The zero-order valence-corrected chi connectivity index (χ0v) is 16.8. The van der Waals surface area contributed by atoms with Gasteiger partial charge in [-0.3, -0.25) is 4.79 Å². The third-order valence-electron chi connectivity index (χ3n) is 4.68. The Morgan fingerprint density at radius 3 is 2.75 bits per heavy atom. The standard InChI is InChI=1S/C21H21N3O3S/c1-13-5-4-6-14(9-13)24-20(17-11-28-12-18(17)23-24)22-21(25)16-8-7-15(26-2)10-19(16)27-3/h4-10H,11-12H2,1-3H3,(H,22,25). The number of ether oxygens (including phenoxy) is 2. The highest BCUT2D eigenvalue weighted by molar-refractivity contribution is 7.98. The van der Waals surface area contributed by atoms with Crippen molar-refractivity contribution in [2.45, 2.75) is 18.4 Å². The summed E-state index contributed by atoms with van der Waals surface area (Å²) in [6.07, 6.45) is 0. The Kier molecular flexibility index (Phi) is 5.00. The van der Waals surface area contributed by atoms with Crippen molar-refractivity contribution in [1.82, 2.24) is 9.78 Å². The summed E-state index contributed by atoms with van der Waals surface area (Å²) < 4.78 is 12.4. The smallest absolute Gasteiger partial charge is 0.260 e. The molecule has 6 nitrogen and oxygen atoms in total. The molecule has 0 aliphatic carbocycles. The van der Waals surface area contributed by atoms with Crippen LogP contribution in [-0.4, -0.2) is 29.9 Å². The molecule has 0 bridgehead atoms. The number of carbonyl (C=O) groups is 1. The van der Waals surface area contributed by atoms with E-state index in [9.17, 15) is 4.79 Å². The van der Waals surface area contributed by atoms with Gasteiger partial charge in [0.15, 0.2) is 0 Å². The molecule has 7 heteroatoms. The van der Waals surface area contributed by atoms with Gasteiger partial charge >= 0.3 is 0 Å². The number of nitrogens with zero attached hydrogens (tertiary/aromatic N) is 2. The average molecular weight is 395 g/mol. The molecule has 0 unspecified atom stereocenters. The first-order valence-corrected chi connectivity index (χ1v) is 10.0. The molecule has 0 atom stereocenters. The van der Waals surface area contributed by atoms with E-state index < -0.39 is 0 Å². The first-order valence-electron chi connectivity index (χ1n) is 8.89. The van der Waals surface area contributed by atoms with E-state index in [-0.39, 0.29) is 5.91 Å². The van der Waals surface area contributed by atoms with Gasteiger partial charge in [0, 0.05) is 23.1 Å². The van der Waals surface area contributed by atoms with Crippen LogP contribution in [0.5, 0.6) is 11.5 Å². The summed E-state index contributed by atoms with van der Waals surface area (Å²) in [4.78, 5) is 13.1. The lowest BCUT2D eigenvalue weighted by Gasteiger charge is -2.13. The van der Waals surface area contributed by atoms with Gasteiger partial charge in [0.2, 0.25) is 0 Å². The van der Waals surface area contributed by atoms with Crippen LogP contribution in [0.4, 0.5) is 5.82 Å². The summed E-state index contributed by atoms with van der Waals surface area (Å²) in [7, 11) is 3.12. The maximum atomic E-state index is 13.1. The Morgan fingerprint density at radius 2 is 2.00 bits per heavy atom. The molecule has 1 aromatic heterocycles. The molecular weight excluding hydrogens is 374 g/mol. The van der Waals surface area contributed by atoms with Crippen LogP contribution < -0.4 is 14.8 Å². The van der Waals surface area contributed by atoms with Crippen molar-refractivity contribution in [2.75, 3.05) is 19.5 Å². The number of nitrogens with one attached hydrogen (secondary N) is 1. The molecule has 144 valence electrons. The summed E-state index contributed by atoms with van der Waals surface area (Å²) in [5, 5.41) is 7.81. The molecule has 0 saturated carbocycles. The van der Waals surface area contributed by atoms with Gasteiger partial charge in [-0.15, -0.1) is 0 Å². The van der Waals surface area contributed by atoms with Gasteiger partial charge in [-0.1, -0.05) is 12.1 Å². The highest BCUT2D eigenvalue weighted by atomic mass is 32.2. The molecule has 1 N–H and O–H groups in total. The zero-order valence-electron chi connectivity index (χ0n) is 16.0. The molecule has 1 aliphatic rings. The molecule has 2 aromatic carbocycles. The maximum Gasteiger partial charge on any atom is 0.260 e. The van der Waals surface area contributed by atoms with Crippen molar-refractivity contribution in [3.63, 3.8) is 0 Å². The number of fused-ring (bicyclic) bond motifs is 1. The minimum absolute atomic E-state index is 0.243. The number of carbonyl (C=O) groups excluding carboxylic acids is 1. The molecule has 0 fully saturated rings. The molecule has 0 spiro atoms. The van der Waals surface area contributed by atoms with Gasteiger partial charge in [0.05, 0.1) is 31.2 Å². The third kappa shape index (κ3) is 3.33. The van der Waals surface area contributed by atoms with Crippen molar-refractivity contribution in [3.05, 3.63) is 64.8 Å². The summed E-state index contributed by atoms with van der Waals surface area (Å²) in [6, 6.07) is 13.2. The fourth-order valence-electron chi connectivity index (χ4n) is 3.25.